The highest BCUT2D eigenvalue weighted by atomic mass is 16.6. The fourth-order valence-corrected chi connectivity index (χ4v) is 1.50. The average Bonchev–Trinajstić information content (AvgIpc) is 2.25. The monoisotopic (exact) mass is 265 g/mol. The van der Waals surface area contributed by atoms with Gasteiger partial charge >= 0.3 is 12.1 Å². The molecule has 1 aromatic carbocycles. The minimum absolute atomic E-state index is 0.402. The molecule has 19 heavy (non-hydrogen) atoms. The third-order valence-electron chi connectivity index (χ3n) is 2.28. The number of amides is 1. The number of carbonyl (C=O) groups is 2. The number of rotatable bonds is 2. The number of hydrogen-bond acceptors (Lipinski definition) is 4. The first-order chi connectivity index (χ1) is 8.73. The summed E-state index contributed by atoms with van der Waals surface area (Å²) in [6, 6.07) is 4.92. The average molecular weight is 265 g/mol. The Hall–Kier alpha value is -2.04. The predicted octanol–water partition coefficient (Wildman–Crippen LogP) is 3.13. The Morgan fingerprint density at radius 2 is 1.84 bits per heavy atom. The number of methoxy groups -OCH3 is 1. The number of aryl methyl sites for hydroxylation is 1. The number of ether oxygens (including phenoxy) is 2. The SMILES string of the molecule is COC(=O)c1ccc(NC(=O)OC(C)(C)C)cc1C. The van der Waals surface area contributed by atoms with Crippen LogP contribution in [0.5, 0.6) is 0 Å². The largest absolute Gasteiger partial charge is 0.465 e. The Labute approximate surface area is 112 Å². The Morgan fingerprint density at radius 1 is 1.21 bits per heavy atom. The Morgan fingerprint density at radius 3 is 2.32 bits per heavy atom. The zero-order valence-corrected chi connectivity index (χ0v) is 11.9. The van der Waals surface area contributed by atoms with Crippen LogP contribution in [-0.4, -0.2) is 24.8 Å². The molecule has 5 heteroatoms. The van der Waals surface area contributed by atoms with Crippen LogP contribution in [-0.2, 0) is 9.47 Å². The normalized spacial score (nSPS) is 10.8. The zero-order valence-electron chi connectivity index (χ0n) is 11.9. The first kappa shape index (κ1) is 15.0. The van der Waals surface area contributed by atoms with Gasteiger partial charge in [0.1, 0.15) is 5.60 Å². The maximum Gasteiger partial charge on any atom is 0.412 e. The van der Waals surface area contributed by atoms with Crippen LogP contribution in [0.25, 0.3) is 0 Å². The standard InChI is InChI=1S/C14H19NO4/c1-9-8-10(6-7-11(9)12(16)18-5)15-13(17)19-14(2,3)4/h6-8H,1-5H3,(H,15,17). The lowest BCUT2D eigenvalue weighted by Crippen LogP contribution is -2.27. The van der Waals surface area contributed by atoms with Gasteiger partial charge in [-0.2, -0.15) is 0 Å². The number of hydrogen-bond donors (Lipinski definition) is 1. The number of carbonyl (C=O) groups excluding carboxylic acids is 2. The van der Waals surface area contributed by atoms with Gasteiger partial charge in [-0.05, 0) is 51.5 Å². The molecule has 0 saturated carbocycles. The minimum Gasteiger partial charge on any atom is -0.465 e. The van der Waals surface area contributed by atoms with Gasteiger partial charge in [0.2, 0.25) is 0 Å². The highest BCUT2D eigenvalue weighted by molar-refractivity contribution is 5.92. The molecule has 0 radical (unpaired) electrons. The second-order valence-electron chi connectivity index (χ2n) is 5.15. The fourth-order valence-electron chi connectivity index (χ4n) is 1.50. The second kappa shape index (κ2) is 5.73. The maximum atomic E-state index is 11.6. The molecule has 0 saturated heterocycles. The summed E-state index contributed by atoms with van der Waals surface area (Å²) in [6.45, 7) is 7.14. The third kappa shape index (κ3) is 4.62. The van der Waals surface area contributed by atoms with Crippen molar-refractivity contribution in [3.05, 3.63) is 29.3 Å². The van der Waals surface area contributed by atoms with Gasteiger partial charge in [-0.25, -0.2) is 9.59 Å². The van der Waals surface area contributed by atoms with Crippen LogP contribution in [0, 0.1) is 6.92 Å². The molecule has 5 nitrogen and oxygen atoms in total. The summed E-state index contributed by atoms with van der Waals surface area (Å²) in [5, 5.41) is 2.61. The minimum atomic E-state index is -0.551. The van der Waals surface area contributed by atoms with Crippen molar-refractivity contribution in [1.82, 2.24) is 0 Å². The van der Waals surface area contributed by atoms with Crippen LogP contribution in [0.1, 0.15) is 36.7 Å². The van der Waals surface area contributed by atoms with Crippen molar-refractivity contribution in [3.63, 3.8) is 0 Å². The smallest absolute Gasteiger partial charge is 0.412 e. The summed E-state index contributed by atoms with van der Waals surface area (Å²) in [6.07, 6.45) is -0.530. The summed E-state index contributed by atoms with van der Waals surface area (Å²) in [7, 11) is 1.33. The van der Waals surface area contributed by atoms with Crippen LogP contribution in [0.2, 0.25) is 0 Å². The Bertz CT molecular complexity index is 489. The molecule has 0 spiro atoms. The van der Waals surface area contributed by atoms with E-state index in [0.29, 0.717) is 11.3 Å². The molecule has 0 aromatic heterocycles. The van der Waals surface area contributed by atoms with E-state index in [-0.39, 0.29) is 0 Å². The lowest BCUT2D eigenvalue weighted by molar-refractivity contribution is 0.0598. The van der Waals surface area contributed by atoms with Crippen molar-refractivity contribution in [2.75, 3.05) is 12.4 Å². The molecule has 1 aromatic rings. The molecule has 1 amide bonds. The summed E-state index contributed by atoms with van der Waals surface area (Å²) >= 11 is 0. The van der Waals surface area contributed by atoms with E-state index < -0.39 is 17.7 Å². The molecule has 0 unspecified atom stereocenters. The molecule has 1 rings (SSSR count). The second-order valence-corrected chi connectivity index (χ2v) is 5.15. The number of esters is 1. The van der Waals surface area contributed by atoms with E-state index in [1.54, 1.807) is 45.9 Å². The lowest BCUT2D eigenvalue weighted by atomic mass is 10.1. The van der Waals surface area contributed by atoms with E-state index >= 15 is 0 Å². The van der Waals surface area contributed by atoms with Gasteiger partial charge in [0.05, 0.1) is 12.7 Å². The molecule has 0 heterocycles. The molecule has 0 bridgehead atoms. The highest BCUT2D eigenvalue weighted by Gasteiger charge is 2.17. The van der Waals surface area contributed by atoms with Crippen LogP contribution >= 0.6 is 0 Å². The Kier molecular flexibility index (Phi) is 4.53. The van der Waals surface area contributed by atoms with Crippen molar-refractivity contribution in [2.45, 2.75) is 33.3 Å². The van der Waals surface area contributed by atoms with Gasteiger partial charge in [0.15, 0.2) is 0 Å². The number of nitrogens with one attached hydrogen (secondary N) is 1. The van der Waals surface area contributed by atoms with Crippen molar-refractivity contribution in [2.24, 2.45) is 0 Å². The molecule has 1 N–H and O–H groups in total. The van der Waals surface area contributed by atoms with E-state index in [1.807, 2.05) is 0 Å². The first-order valence-corrected chi connectivity index (χ1v) is 5.92. The van der Waals surface area contributed by atoms with E-state index in [2.05, 4.69) is 10.1 Å². The first-order valence-electron chi connectivity index (χ1n) is 5.92. The summed E-state index contributed by atoms with van der Waals surface area (Å²) < 4.78 is 9.79. The molecular weight excluding hydrogens is 246 g/mol. The quantitative estimate of drug-likeness (QED) is 0.834. The van der Waals surface area contributed by atoms with Gasteiger partial charge in [0, 0.05) is 5.69 Å². The van der Waals surface area contributed by atoms with Crippen LogP contribution in [0.4, 0.5) is 10.5 Å². The van der Waals surface area contributed by atoms with Crippen molar-refractivity contribution >= 4 is 17.7 Å². The van der Waals surface area contributed by atoms with E-state index in [1.165, 1.54) is 7.11 Å². The molecule has 0 atom stereocenters. The highest BCUT2D eigenvalue weighted by Crippen LogP contribution is 2.17. The van der Waals surface area contributed by atoms with Gasteiger partial charge in [-0.15, -0.1) is 0 Å². The molecular formula is C14H19NO4. The van der Waals surface area contributed by atoms with E-state index in [0.717, 1.165) is 5.56 Å². The van der Waals surface area contributed by atoms with Crippen molar-refractivity contribution < 1.29 is 19.1 Å². The molecule has 0 aliphatic rings. The van der Waals surface area contributed by atoms with E-state index in [9.17, 15) is 9.59 Å². The molecule has 104 valence electrons. The summed E-state index contributed by atoms with van der Waals surface area (Å²) in [5.41, 5.74) is 1.21. The topological polar surface area (TPSA) is 64.6 Å². The van der Waals surface area contributed by atoms with E-state index in [4.69, 9.17) is 4.74 Å². The van der Waals surface area contributed by atoms with Crippen LogP contribution in [0.15, 0.2) is 18.2 Å². The summed E-state index contributed by atoms with van der Waals surface area (Å²) in [5.74, 6) is -0.402. The molecule has 0 aliphatic heterocycles. The zero-order chi connectivity index (χ0) is 14.6. The van der Waals surface area contributed by atoms with Crippen molar-refractivity contribution in [1.29, 1.82) is 0 Å². The van der Waals surface area contributed by atoms with Gasteiger partial charge in [-0.3, -0.25) is 5.32 Å². The van der Waals surface area contributed by atoms with Crippen LogP contribution < -0.4 is 5.32 Å². The summed E-state index contributed by atoms with van der Waals surface area (Å²) in [4.78, 5) is 23.0. The van der Waals surface area contributed by atoms with Gasteiger partial charge in [0.25, 0.3) is 0 Å². The van der Waals surface area contributed by atoms with Gasteiger partial charge in [-0.1, -0.05) is 0 Å². The van der Waals surface area contributed by atoms with Crippen LogP contribution in [0.3, 0.4) is 0 Å². The van der Waals surface area contributed by atoms with Gasteiger partial charge < -0.3 is 9.47 Å². The number of benzene rings is 1. The Balaban J connectivity index is 2.79. The third-order valence-corrected chi connectivity index (χ3v) is 2.28. The van der Waals surface area contributed by atoms with Crippen molar-refractivity contribution in [3.8, 4) is 0 Å². The molecule has 0 aliphatic carbocycles. The fraction of sp³-hybridized carbons (Fsp3) is 0.429. The molecule has 0 fully saturated rings. The number of anilines is 1. The lowest BCUT2D eigenvalue weighted by Gasteiger charge is -2.19. The maximum absolute atomic E-state index is 11.6. The predicted molar refractivity (Wildman–Crippen MR) is 72.4 cm³/mol.